The van der Waals surface area contributed by atoms with Crippen molar-refractivity contribution in [1.82, 2.24) is 0 Å². The molecule has 2 N–H and O–H groups in total. The lowest BCUT2D eigenvalue weighted by atomic mass is 10.0. The van der Waals surface area contributed by atoms with E-state index in [2.05, 4.69) is 10.6 Å². The molecule has 0 unspecified atom stereocenters. The van der Waals surface area contributed by atoms with Gasteiger partial charge in [-0.05, 0) is 56.2 Å². The Hall–Kier alpha value is -3.15. The summed E-state index contributed by atoms with van der Waals surface area (Å²) in [7, 11) is 0. The molecule has 2 aromatic carbocycles. The predicted molar refractivity (Wildman–Crippen MR) is 106 cm³/mol. The average molecular weight is 365 g/mol. The van der Waals surface area contributed by atoms with E-state index in [9.17, 15) is 14.4 Å². The molecule has 0 bridgehead atoms. The molecule has 6 nitrogen and oxygen atoms in total. The van der Waals surface area contributed by atoms with Gasteiger partial charge in [-0.3, -0.25) is 14.4 Å². The van der Waals surface area contributed by atoms with E-state index in [1.165, 1.54) is 6.92 Å². The van der Waals surface area contributed by atoms with E-state index < -0.39 is 5.41 Å². The lowest BCUT2D eigenvalue weighted by molar-refractivity contribution is -0.132. The Morgan fingerprint density at radius 2 is 1.48 bits per heavy atom. The molecule has 1 aliphatic rings. The fraction of sp³-hybridized carbons (Fsp3) is 0.286. The summed E-state index contributed by atoms with van der Waals surface area (Å²) in [6.07, 6.45) is 1.09. The van der Waals surface area contributed by atoms with Gasteiger partial charge in [0.25, 0.3) is 0 Å². The number of nitrogens with one attached hydrogen (secondary N) is 2. The summed E-state index contributed by atoms with van der Waals surface area (Å²) in [6, 6.07) is 16.2. The summed E-state index contributed by atoms with van der Waals surface area (Å²) in [6.45, 7) is 3.84. The molecule has 0 spiro atoms. The maximum absolute atomic E-state index is 13.1. The minimum absolute atomic E-state index is 0.158. The predicted octanol–water partition coefficient (Wildman–Crippen LogP) is 3.42. The maximum atomic E-state index is 13.1. The zero-order chi connectivity index (χ0) is 19.4. The van der Waals surface area contributed by atoms with Gasteiger partial charge in [0.1, 0.15) is 5.41 Å². The van der Waals surface area contributed by atoms with E-state index >= 15 is 0 Å². The molecule has 1 fully saturated rings. The number of carbonyl (C=O) groups excluding carboxylic acids is 3. The van der Waals surface area contributed by atoms with Gasteiger partial charge in [0.05, 0.1) is 0 Å². The van der Waals surface area contributed by atoms with Crippen LogP contribution < -0.4 is 15.5 Å². The van der Waals surface area contributed by atoms with E-state index in [1.54, 1.807) is 29.2 Å². The number of benzene rings is 2. The Morgan fingerprint density at radius 3 is 1.96 bits per heavy atom. The van der Waals surface area contributed by atoms with Gasteiger partial charge >= 0.3 is 0 Å². The first-order valence-corrected chi connectivity index (χ1v) is 9.02. The van der Waals surface area contributed by atoms with E-state index in [4.69, 9.17) is 0 Å². The molecule has 140 valence electrons. The highest BCUT2D eigenvalue weighted by molar-refractivity contribution is 6.17. The lowest BCUT2D eigenvalue weighted by Crippen LogP contribution is -2.43. The normalized spacial score (nSPS) is 14.1. The summed E-state index contributed by atoms with van der Waals surface area (Å²) in [5.41, 5.74) is 1.04. The van der Waals surface area contributed by atoms with E-state index in [0.717, 1.165) is 5.69 Å². The second-order valence-electron chi connectivity index (χ2n) is 6.68. The minimum atomic E-state index is -0.998. The molecule has 3 amide bonds. The third kappa shape index (κ3) is 4.00. The summed E-state index contributed by atoms with van der Waals surface area (Å²) in [5, 5.41) is 5.51. The first kappa shape index (κ1) is 18.6. The Kier molecular flexibility index (Phi) is 5.26. The summed E-state index contributed by atoms with van der Waals surface area (Å²) in [5.74, 6) is -0.604. The van der Waals surface area contributed by atoms with E-state index in [-0.39, 0.29) is 17.7 Å². The zero-order valence-electron chi connectivity index (χ0n) is 15.5. The third-order valence-corrected chi connectivity index (χ3v) is 4.69. The molecular formula is C21H23N3O3. The standard InChI is InChI=1S/C21H23N3O3/c1-3-24(18-7-5-4-6-8-18)20(27)21(13-14-21)19(26)23-17-11-9-16(10-12-17)22-15(2)25/h4-12H,3,13-14H2,1-2H3,(H,22,25)(H,23,26). The highest BCUT2D eigenvalue weighted by Crippen LogP contribution is 2.48. The van der Waals surface area contributed by atoms with Crippen LogP contribution in [0.15, 0.2) is 54.6 Å². The molecule has 1 saturated carbocycles. The number of hydrogen-bond donors (Lipinski definition) is 2. The van der Waals surface area contributed by atoms with Crippen LogP contribution in [0.1, 0.15) is 26.7 Å². The summed E-state index contributed by atoms with van der Waals surface area (Å²) in [4.78, 5) is 38.6. The molecule has 0 heterocycles. The summed E-state index contributed by atoms with van der Waals surface area (Å²) >= 11 is 0. The third-order valence-electron chi connectivity index (χ3n) is 4.69. The molecule has 27 heavy (non-hydrogen) atoms. The molecule has 2 aromatic rings. The Labute approximate surface area is 158 Å². The highest BCUT2D eigenvalue weighted by Gasteiger charge is 2.58. The van der Waals surface area contributed by atoms with E-state index in [1.807, 2.05) is 37.3 Å². The van der Waals surface area contributed by atoms with Gasteiger partial charge in [0.2, 0.25) is 17.7 Å². The molecule has 1 aliphatic carbocycles. The van der Waals surface area contributed by atoms with Gasteiger partial charge in [-0.15, -0.1) is 0 Å². The SMILES string of the molecule is CCN(C(=O)C1(C(=O)Nc2ccc(NC(C)=O)cc2)CC1)c1ccccc1. The van der Waals surface area contributed by atoms with Crippen molar-refractivity contribution in [2.24, 2.45) is 5.41 Å². The fourth-order valence-electron chi connectivity index (χ4n) is 3.06. The monoisotopic (exact) mass is 365 g/mol. The van der Waals surface area contributed by atoms with Crippen LogP contribution in [-0.2, 0) is 14.4 Å². The molecule has 0 saturated heterocycles. The second-order valence-corrected chi connectivity index (χ2v) is 6.68. The molecule has 0 radical (unpaired) electrons. The lowest BCUT2D eigenvalue weighted by Gasteiger charge is -2.26. The quantitative estimate of drug-likeness (QED) is 0.770. The van der Waals surface area contributed by atoms with Crippen molar-refractivity contribution in [3.05, 3.63) is 54.6 Å². The van der Waals surface area contributed by atoms with Crippen LogP contribution in [0.3, 0.4) is 0 Å². The fourth-order valence-corrected chi connectivity index (χ4v) is 3.06. The van der Waals surface area contributed by atoms with Crippen LogP contribution in [0.25, 0.3) is 0 Å². The van der Waals surface area contributed by atoms with Crippen LogP contribution in [0.4, 0.5) is 17.1 Å². The van der Waals surface area contributed by atoms with Crippen molar-refractivity contribution in [1.29, 1.82) is 0 Å². The maximum Gasteiger partial charge on any atom is 0.242 e. The van der Waals surface area contributed by atoms with Crippen molar-refractivity contribution >= 4 is 34.8 Å². The number of para-hydroxylation sites is 1. The van der Waals surface area contributed by atoms with Crippen molar-refractivity contribution in [2.45, 2.75) is 26.7 Å². The number of anilines is 3. The summed E-state index contributed by atoms with van der Waals surface area (Å²) < 4.78 is 0. The zero-order valence-corrected chi connectivity index (χ0v) is 15.5. The molecular weight excluding hydrogens is 342 g/mol. The second kappa shape index (κ2) is 7.61. The molecule has 0 aliphatic heterocycles. The Bertz CT molecular complexity index is 843. The van der Waals surface area contributed by atoms with Crippen LogP contribution >= 0.6 is 0 Å². The topological polar surface area (TPSA) is 78.5 Å². The van der Waals surface area contributed by atoms with Crippen molar-refractivity contribution in [3.63, 3.8) is 0 Å². The smallest absolute Gasteiger partial charge is 0.242 e. The number of carbonyl (C=O) groups is 3. The van der Waals surface area contributed by atoms with Gasteiger partial charge in [-0.1, -0.05) is 18.2 Å². The van der Waals surface area contributed by atoms with Gasteiger partial charge in [0.15, 0.2) is 0 Å². The van der Waals surface area contributed by atoms with Crippen molar-refractivity contribution < 1.29 is 14.4 Å². The largest absolute Gasteiger partial charge is 0.326 e. The van der Waals surface area contributed by atoms with E-state index in [0.29, 0.717) is 30.8 Å². The highest BCUT2D eigenvalue weighted by atomic mass is 16.2. The first-order chi connectivity index (χ1) is 13.0. The van der Waals surface area contributed by atoms with Crippen LogP contribution in [0, 0.1) is 5.41 Å². The van der Waals surface area contributed by atoms with Gasteiger partial charge in [-0.2, -0.15) is 0 Å². The van der Waals surface area contributed by atoms with Crippen LogP contribution in [0.2, 0.25) is 0 Å². The Morgan fingerprint density at radius 1 is 0.926 bits per heavy atom. The number of hydrogen-bond acceptors (Lipinski definition) is 3. The Balaban J connectivity index is 1.72. The molecule has 3 rings (SSSR count). The van der Waals surface area contributed by atoms with Gasteiger partial charge in [-0.25, -0.2) is 0 Å². The van der Waals surface area contributed by atoms with Gasteiger partial charge in [0, 0.05) is 30.5 Å². The first-order valence-electron chi connectivity index (χ1n) is 9.02. The van der Waals surface area contributed by atoms with Crippen LogP contribution in [-0.4, -0.2) is 24.3 Å². The van der Waals surface area contributed by atoms with Crippen molar-refractivity contribution in [2.75, 3.05) is 22.1 Å². The average Bonchev–Trinajstić information content (AvgIpc) is 3.46. The minimum Gasteiger partial charge on any atom is -0.326 e. The van der Waals surface area contributed by atoms with Crippen molar-refractivity contribution in [3.8, 4) is 0 Å². The van der Waals surface area contributed by atoms with Gasteiger partial charge < -0.3 is 15.5 Å². The molecule has 0 atom stereocenters. The number of nitrogens with zero attached hydrogens (tertiary/aromatic N) is 1. The molecule has 0 aromatic heterocycles. The van der Waals surface area contributed by atoms with Crippen LogP contribution in [0.5, 0.6) is 0 Å². The molecule has 6 heteroatoms. The number of amides is 3. The number of rotatable bonds is 6.